The van der Waals surface area contributed by atoms with Crippen molar-refractivity contribution in [1.82, 2.24) is 19.0 Å². The Hall–Kier alpha value is -0.520. The maximum atomic E-state index is 4.29. The predicted octanol–water partition coefficient (Wildman–Crippen LogP) is 1.12. The van der Waals surface area contributed by atoms with Crippen molar-refractivity contribution in [3.63, 3.8) is 0 Å². The quantitative estimate of drug-likeness (QED) is 0.739. The van der Waals surface area contributed by atoms with Gasteiger partial charge in [0.2, 0.25) is 0 Å². The van der Waals surface area contributed by atoms with E-state index in [9.17, 15) is 0 Å². The van der Waals surface area contributed by atoms with Crippen LogP contribution in [0.4, 0.5) is 0 Å². The molecule has 90 valence electrons. The van der Waals surface area contributed by atoms with Gasteiger partial charge >= 0.3 is 0 Å². The summed E-state index contributed by atoms with van der Waals surface area (Å²) < 4.78 is 4.38. The Kier molecular flexibility index (Phi) is 3.89. The Morgan fingerprint density at radius 1 is 1.31 bits per heavy atom. The summed E-state index contributed by atoms with van der Waals surface area (Å²) >= 11 is 1.85. The van der Waals surface area contributed by atoms with Gasteiger partial charge in [0.05, 0.1) is 6.20 Å². The molecule has 0 aromatic carbocycles. The summed E-state index contributed by atoms with van der Waals surface area (Å²) in [6.45, 7) is 7.84. The zero-order chi connectivity index (χ0) is 11.5. The predicted molar refractivity (Wildman–Crippen MR) is 68.3 cm³/mol. The Balaban J connectivity index is 1.89. The third kappa shape index (κ3) is 2.59. The summed E-state index contributed by atoms with van der Waals surface area (Å²) in [5.74, 6) is 0. The number of rotatable bonds is 3. The summed E-state index contributed by atoms with van der Waals surface area (Å²) in [4.78, 5) is 2.51. The van der Waals surface area contributed by atoms with Crippen LogP contribution in [0.5, 0.6) is 0 Å². The van der Waals surface area contributed by atoms with Crippen molar-refractivity contribution in [3.8, 4) is 0 Å². The lowest BCUT2D eigenvalue weighted by Crippen LogP contribution is -2.42. The Morgan fingerprint density at radius 3 is 2.50 bits per heavy atom. The molecule has 0 unspecified atom stereocenters. The third-order valence-electron chi connectivity index (χ3n) is 3.32. The van der Waals surface area contributed by atoms with Crippen LogP contribution in [0, 0.1) is 6.92 Å². The van der Waals surface area contributed by atoms with E-state index >= 15 is 0 Å². The molecule has 5 heteroatoms. The van der Waals surface area contributed by atoms with Gasteiger partial charge in [0.1, 0.15) is 0 Å². The molecular formula is C11H20N4S. The largest absolute Gasteiger partial charge is 0.296 e. The van der Waals surface area contributed by atoms with Crippen LogP contribution in [0.25, 0.3) is 0 Å². The highest BCUT2D eigenvalue weighted by Gasteiger charge is 2.17. The number of aryl methyl sites for hydroxylation is 1. The molecule has 0 saturated carbocycles. The Labute approximate surface area is 102 Å². The van der Waals surface area contributed by atoms with Crippen LogP contribution < -0.4 is 0 Å². The highest BCUT2D eigenvalue weighted by molar-refractivity contribution is 7.96. The van der Waals surface area contributed by atoms with Crippen molar-refractivity contribution >= 4 is 11.9 Å². The van der Waals surface area contributed by atoms with Crippen LogP contribution in [0.1, 0.15) is 11.3 Å². The van der Waals surface area contributed by atoms with Crippen molar-refractivity contribution in [2.75, 3.05) is 32.4 Å². The van der Waals surface area contributed by atoms with Crippen molar-refractivity contribution < 1.29 is 0 Å². The molecule has 0 bridgehead atoms. The van der Waals surface area contributed by atoms with Gasteiger partial charge in [-0.1, -0.05) is 11.9 Å². The molecule has 2 rings (SSSR count). The third-order valence-corrected chi connectivity index (χ3v) is 4.20. The van der Waals surface area contributed by atoms with Gasteiger partial charge in [-0.25, -0.2) is 4.31 Å². The minimum Gasteiger partial charge on any atom is -0.296 e. The Morgan fingerprint density at radius 2 is 2.00 bits per heavy atom. The molecular weight excluding hydrogens is 220 g/mol. The van der Waals surface area contributed by atoms with E-state index in [-0.39, 0.29) is 0 Å². The van der Waals surface area contributed by atoms with E-state index in [4.69, 9.17) is 0 Å². The number of piperazine rings is 1. The first-order valence-corrected chi connectivity index (χ1v) is 6.87. The van der Waals surface area contributed by atoms with Gasteiger partial charge in [-0.3, -0.25) is 9.58 Å². The summed E-state index contributed by atoms with van der Waals surface area (Å²) in [7, 11) is 2.00. The summed E-state index contributed by atoms with van der Waals surface area (Å²) in [5.41, 5.74) is 2.65. The standard InChI is InChI=1S/C11H20N4S/c1-10-11(8-12-13(10)2)9-14-4-6-15(16-3)7-5-14/h8H,4-7,9H2,1-3H3. The van der Waals surface area contributed by atoms with Crippen molar-refractivity contribution in [2.45, 2.75) is 13.5 Å². The van der Waals surface area contributed by atoms with Crippen molar-refractivity contribution in [2.24, 2.45) is 7.05 Å². The topological polar surface area (TPSA) is 24.3 Å². The van der Waals surface area contributed by atoms with Gasteiger partial charge in [0.15, 0.2) is 0 Å². The molecule has 0 spiro atoms. The van der Waals surface area contributed by atoms with Crippen LogP contribution in [-0.2, 0) is 13.6 Å². The zero-order valence-corrected chi connectivity index (χ0v) is 11.1. The first-order chi connectivity index (χ1) is 7.70. The van der Waals surface area contributed by atoms with E-state index in [0.717, 1.165) is 19.6 Å². The molecule has 4 nitrogen and oxygen atoms in total. The maximum Gasteiger partial charge on any atom is 0.0537 e. The minimum absolute atomic E-state index is 1.04. The van der Waals surface area contributed by atoms with Crippen LogP contribution in [-0.4, -0.2) is 51.4 Å². The molecule has 1 saturated heterocycles. The van der Waals surface area contributed by atoms with Gasteiger partial charge in [-0.05, 0) is 13.2 Å². The van der Waals surface area contributed by atoms with E-state index in [0.29, 0.717) is 0 Å². The lowest BCUT2D eigenvalue weighted by Gasteiger charge is -2.33. The van der Waals surface area contributed by atoms with Crippen LogP contribution in [0.3, 0.4) is 0 Å². The lowest BCUT2D eigenvalue weighted by molar-refractivity contribution is 0.189. The molecule has 0 amide bonds. The van der Waals surface area contributed by atoms with Gasteiger partial charge in [0, 0.05) is 51.0 Å². The Bertz CT molecular complexity index is 342. The molecule has 1 fully saturated rings. The number of nitrogens with zero attached hydrogens (tertiary/aromatic N) is 4. The van der Waals surface area contributed by atoms with Gasteiger partial charge in [0.25, 0.3) is 0 Å². The molecule has 0 aliphatic carbocycles. The normalized spacial score (nSPS) is 19.2. The van der Waals surface area contributed by atoms with Crippen LogP contribution >= 0.6 is 11.9 Å². The fourth-order valence-electron chi connectivity index (χ4n) is 2.01. The molecule has 0 radical (unpaired) electrons. The number of hydrogen-bond acceptors (Lipinski definition) is 4. The summed E-state index contributed by atoms with van der Waals surface area (Å²) in [6.07, 6.45) is 4.15. The highest BCUT2D eigenvalue weighted by Crippen LogP contribution is 2.14. The monoisotopic (exact) mass is 240 g/mol. The summed E-state index contributed by atoms with van der Waals surface area (Å²) in [5, 5.41) is 4.29. The maximum absolute atomic E-state index is 4.29. The minimum atomic E-state index is 1.04. The molecule has 1 aromatic heterocycles. The molecule has 0 N–H and O–H groups in total. The van der Waals surface area contributed by atoms with E-state index in [1.807, 2.05) is 29.9 Å². The number of hydrogen-bond donors (Lipinski definition) is 0. The molecule has 2 heterocycles. The molecule has 1 aliphatic rings. The van der Waals surface area contributed by atoms with E-state index in [1.54, 1.807) is 0 Å². The lowest BCUT2D eigenvalue weighted by atomic mass is 10.2. The zero-order valence-electron chi connectivity index (χ0n) is 10.3. The van der Waals surface area contributed by atoms with E-state index in [2.05, 4.69) is 27.5 Å². The average Bonchev–Trinajstić information content (AvgIpc) is 2.62. The fourth-order valence-corrected chi connectivity index (χ4v) is 2.54. The van der Waals surface area contributed by atoms with Gasteiger partial charge < -0.3 is 0 Å². The summed E-state index contributed by atoms with van der Waals surface area (Å²) in [6, 6.07) is 0. The van der Waals surface area contributed by atoms with E-state index < -0.39 is 0 Å². The second kappa shape index (κ2) is 5.21. The van der Waals surface area contributed by atoms with Gasteiger partial charge in [-0.15, -0.1) is 0 Å². The SMILES string of the molecule is CSN1CCN(Cc2cnn(C)c2C)CC1. The molecule has 1 aliphatic heterocycles. The smallest absolute Gasteiger partial charge is 0.0537 e. The second-order valence-corrected chi connectivity index (χ2v) is 5.15. The average molecular weight is 240 g/mol. The molecule has 0 atom stereocenters. The fraction of sp³-hybridized carbons (Fsp3) is 0.727. The van der Waals surface area contributed by atoms with Crippen molar-refractivity contribution in [1.29, 1.82) is 0 Å². The highest BCUT2D eigenvalue weighted by atomic mass is 32.2. The number of aromatic nitrogens is 2. The van der Waals surface area contributed by atoms with Crippen molar-refractivity contribution in [3.05, 3.63) is 17.5 Å². The molecule has 16 heavy (non-hydrogen) atoms. The molecule has 1 aromatic rings. The van der Waals surface area contributed by atoms with Gasteiger partial charge in [-0.2, -0.15) is 5.10 Å². The van der Waals surface area contributed by atoms with Crippen LogP contribution in [0.15, 0.2) is 6.20 Å². The van der Waals surface area contributed by atoms with Crippen LogP contribution in [0.2, 0.25) is 0 Å². The van der Waals surface area contributed by atoms with E-state index in [1.165, 1.54) is 24.3 Å². The first-order valence-electron chi connectivity index (χ1n) is 5.69. The second-order valence-electron chi connectivity index (χ2n) is 4.27. The first kappa shape index (κ1) is 12.0.